The first-order chi connectivity index (χ1) is 6.70. The molecule has 0 saturated carbocycles. The van der Waals surface area contributed by atoms with Gasteiger partial charge in [-0.1, -0.05) is 12.6 Å². The monoisotopic (exact) mass is 209 g/mol. The second-order valence-electron chi connectivity index (χ2n) is 2.89. The molecule has 14 heavy (non-hydrogen) atoms. The largest absolute Gasteiger partial charge is 0.378 e. The van der Waals surface area contributed by atoms with Crippen LogP contribution >= 0.6 is 12.6 Å². The molecule has 2 rings (SSSR count). The molecule has 0 aliphatic carbocycles. The molecule has 0 amide bonds. The Morgan fingerprint density at radius 2 is 2.29 bits per heavy atom. The first kappa shape index (κ1) is 9.29. The molecular formula is C8H9N4OS. The van der Waals surface area contributed by atoms with Crippen LogP contribution in [-0.2, 0) is 11.3 Å². The van der Waals surface area contributed by atoms with Crippen LogP contribution in [0.1, 0.15) is 11.5 Å². The Balaban J connectivity index is 2.66. The van der Waals surface area contributed by atoms with E-state index in [0.29, 0.717) is 23.2 Å². The van der Waals surface area contributed by atoms with Crippen molar-refractivity contribution in [2.45, 2.75) is 18.6 Å². The van der Waals surface area contributed by atoms with Gasteiger partial charge < -0.3 is 4.74 Å². The van der Waals surface area contributed by atoms with Gasteiger partial charge in [0, 0.05) is 7.11 Å². The molecular weight excluding hydrogens is 200 g/mol. The molecule has 0 aliphatic heterocycles. The molecule has 0 fully saturated rings. The Morgan fingerprint density at radius 1 is 1.50 bits per heavy atom. The van der Waals surface area contributed by atoms with Crippen LogP contribution < -0.4 is 0 Å². The van der Waals surface area contributed by atoms with Crippen LogP contribution in [0.2, 0.25) is 0 Å². The third-order valence-electron chi connectivity index (χ3n) is 1.76. The van der Waals surface area contributed by atoms with Gasteiger partial charge in [0.15, 0.2) is 0 Å². The van der Waals surface area contributed by atoms with Crippen LogP contribution in [0.4, 0.5) is 0 Å². The number of rotatable bonds is 2. The number of nitrogens with zero attached hydrogens (tertiary/aromatic N) is 4. The number of hydrogen-bond donors (Lipinski definition) is 0. The molecule has 6 heteroatoms. The Labute approximate surface area is 86.5 Å². The predicted octanol–water partition coefficient (Wildman–Crippen LogP) is 1.14. The maximum Gasteiger partial charge on any atom is 0.254 e. The topological polar surface area (TPSA) is 52.3 Å². The van der Waals surface area contributed by atoms with Crippen LogP contribution in [0.15, 0.2) is 11.1 Å². The van der Waals surface area contributed by atoms with Gasteiger partial charge in [0.2, 0.25) is 0 Å². The van der Waals surface area contributed by atoms with E-state index in [0.717, 1.165) is 5.69 Å². The third-order valence-corrected chi connectivity index (χ3v) is 1.97. The number of hydrogen-bond acceptors (Lipinski definition) is 4. The first-order valence-electron chi connectivity index (χ1n) is 4.10. The highest BCUT2D eigenvalue weighted by atomic mass is 32.1. The number of aryl methyl sites for hydroxylation is 1. The second kappa shape index (κ2) is 3.47. The van der Waals surface area contributed by atoms with Gasteiger partial charge >= 0.3 is 0 Å². The van der Waals surface area contributed by atoms with Crippen LogP contribution in [0.25, 0.3) is 5.78 Å². The smallest absolute Gasteiger partial charge is 0.254 e. The molecule has 0 atom stereocenters. The molecule has 0 saturated heterocycles. The molecule has 73 valence electrons. The maximum atomic E-state index is 5.04. The average molecular weight is 209 g/mol. The normalized spacial score (nSPS) is 11.0. The fourth-order valence-electron chi connectivity index (χ4n) is 1.25. The molecule has 0 N–H and O–H groups in total. The molecule has 0 unspecified atom stereocenters. The van der Waals surface area contributed by atoms with E-state index in [4.69, 9.17) is 17.4 Å². The van der Waals surface area contributed by atoms with E-state index >= 15 is 0 Å². The highest BCUT2D eigenvalue weighted by Crippen LogP contribution is 2.10. The van der Waals surface area contributed by atoms with Crippen molar-refractivity contribution in [3.63, 3.8) is 0 Å². The van der Waals surface area contributed by atoms with E-state index in [1.807, 2.05) is 6.92 Å². The zero-order chi connectivity index (χ0) is 10.1. The second-order valence-corrected chi connectivity index (χ2v) is 3.31. The SMILES string of the molecule is COCc1cc([S])nc2nc(C)nn12. The molecule has 0 spiro atoms. The minimum absolute atomic E-state index is 0.450. The number of ether oxygens (including phenoxy) is 1. The summed E-state index contributed by atoms with van der Waals surface area (Å²) in [4.78, 5) is 8.22. The van der Waals surface area contributed by atoms with Crippen LogP contribution in [0, 0.1) is 6.92 Å². The summed E-state index contributed by atoms with van der Waals surface area (Å²) >= 11 is 5.00. The van der Waals surface area contributed by atoms with E-state index in [-0.39, 0.29) is 0 Å². The molecule has 2 aromatic heterocycles. The minimum Gasteiger partial charge on any atom is -0.378 e. The van der Waals surface area contributed by atoms with Gasteiger partial charge in [-0.3, -0.25) is 0 Å². The summed E-state index contributed by atoms with van der Waals surface area (Å²) in [6.45, 7) is 2.26. The molecule has 0 bridgehead atoms. The lowest BCUT2D eigenvalue weighted by atomic mass is 10.4. The summed E-state index contributed by atoms with van der Waals surface area (Å²) in [7, 11) is 1.62. The third kappa shape index (κ3) is 1.53. The van der Waals surface area contributed by atoms with Gasteiger partial charge in [0.05, 0.1) is 12.3 Å². The Bertz CT molecular complexity index is 468. The number of methoxy groups -OCH3 is 1. The van der Waals surface area contributed by atoms with Crippen LogP contribution in [0.3, 0.4) is 0 Å². The fraction of sp³-hybridized carbons (Fsp3) is 0.375. The summed E-state index contributed by atoms with van der Waals surface area (Å²) in [5.41, 5.74) is 0.864. The van der Waals surface area contributed by atoms with E-state index in [9.17, 15) is 0 Å². The number of aromatic nitrogens is 4. The maximum absolute atomic E-state index is 5.04. The Kier molecular flexibility index (Phi) is 2.30. The summed E-state index contributed by atoms with van der Waals surface area (Å²) in [6.07, 6.45) is 0. The molecule has 2 heterocycles. The summed E-state index contributed by atoms with van der Waals surface area (Å²) in [5.74, 6) is 1.21. The standard InChI is InChI=1S/C8H9N4OS/c1-5-9-8-10-7(14)3-6(4-13-2)12(8)11-5/h3H,4H2,1-2H3. The highest BCUT2D eigenvalue weighted by molar-refractivity contribution is 7.80. The van der Waals surface area contributed by atoms with Crippen molar-refractivity contribution in [3.05, 3.63) is 17.6 Å². The van der Waals surface area contributed by atoms with E-state index in [2.05, 4.69) is 15.1 Å². The Morgan fingerprint density at radius 3 is 3.00 bits per heavy atom. The lowest BCUT2D eigenvalue weighted by molar-refractivity contribution is 0.179. The molecule has 2 aromatic rings. The highest BCUT2D eigenvalue weighted by Gasteiger charge is 2.07. The van der Waals surface area contributed by atoms with Crippen molar-refractivity contribution >= 4 is 18.4 Å². The predicted molar refractivity (Wildman–Crippen MR) is 52.1 cm³/mol. The van der Waals surface area contributed by atoms with E-state index in [1.54, 1.807) is 17.7 Å². The van der Waals surface area contributed by atoms with Crippen molar-refractivity contribution in [3.8, 4) is 0 Å². The molecule has 5 nitrogen and oxygen atoms in total. The van der Waals surface area contributed by atoms with Gasteiger partial charge in [0.1, 0.15) is 10.9 Å². The van der Waals surface area contributed by atoms with Gasteiger partial charge in [-0.25, -0.2) is 0 Å². The summed E-state index contributed by atoms with van der Waals surface area (Å²) in [5, 5.41) is 4.70. The average Bonchev–Trinajstić information content (AvgIpc) is 2.45. The van der Waals surface area contributed by atoms with Crippen molar-refractivity contribution in [1.29, 1.82) is 0 Å². The first-order valence-corrected chi connectivity index (χ1v) is 4.51. The molecule has 1 radical (unpaired) electrons. The molecule has 0 aliphatic rings. The number of fused-ring (bicyclic) bond motifs is 1. The summed E-state index contributed by atoms with van der Waals surface area (Å²) < 4.78 is 6.69. The summed E-state index contributed by atoms with van der Waals surface area (Å²) in [6, 6.07) is 1.76. The quantitative estimate of drug-likeness (QED) is 0.696. The van der Waals surface area contributed by atoms with E-state index < -0.39 is 0 Å². The zero-order valence-electron chi connectivity index (χ0n) is 7.89. The zero-order valence-corrected chi connectivity index (χ0v) is 8.71. The van der Waals surface area contributed by atoms with Crippen molar-refractivity contribution in [1.82, 2.24) is 19.6 Å². The molecule has 0 aromatic carbocycles. The van der Waals surface area contributed by atoms with E-state index in [1.165, 1.54) is 0 Å². The lowest BCUT2D eigenvalue weighted by Crippen LogP contribution is -2.02. The van der Waals surface area contributed by atoms with Gasteiger partial charge in [-0.05, 0) is 13.0 Å². The van der Waals surface area contributed by atoms with Crippen LogP contribution in [-0.4, -0.2) is 26.7 Å². The van der Waals surface area contributed by atoms with Crippen molar-refractivity contribution in [2.24, 2.45) is 0 Å². The fourth-order valence-corrected chi connectivity index (χ4v) is 1.47. The minimum atomic E-state index is 0.450. The lowest BCUT2D eigenvalue weighted by Gasteiger charge is -2.01. The van der Waals surface area contributed by atoms with Gasteiger partial charge in [-0.15, -0.1) is 5.10 Å². The Hall–Kier alpha value is -1.27. The van der Waals surface area contributed by atoms with Gasteiger partial charge in [-0.2, -0.15) is 14.5 Å². The van der Waals surface area contributed by atoms with Crippen molar-refractivity contribution in [2.75, 3.05) is 7.11 Å². The van der Waals surface area contributed by atoms with Gasteiger partial charge in [0.25, 0.3) is 5.78 Å². The van der Waals surface area contributed by atoms with Crippen LogP contribution in [0.5, 0.6) is 0 Å². The van der Waals surface area contributed by atoms with Crippen molar-refractivity contribution < 1.29 is 4.74 Å².